The number of ether oxygens (including phenoxy) is 2. The van der Waals surface area contributed by atoms with Crippen molar-refractivity contribution in [2.24, 2.45) is 10.7 Å². The van der Waals surface area contributed by atoms with E-state index in [1.54, 1.807) is 0 Å². The van der Waals surface area contributed by atoms with Gasteiger partial charge in [-0.05, 0) is 33.1 Å². The van der Waals surface area contributed by atoms with E-state index in [2.05, 4.69) is 10.3 Å². The third-order valence-electron chi connectivity index (χ3n) is 2.85. The maximum atomic E-state index is 11.1. The van der Waals surface area contributed by atoms with Crippen molar-refractivity contribution >= 4 is 11.9 Å². The number of guanidine groups is 1. The minimum Gasteiger partial charge on any atom is -0.466 e. The molecule has 6 nitrogen and oxygen atoms in total. The summed E-state index contributed by atoms with van der Waals surface area (Å²) in [6, 6.07) is 0. The molecule has 0 aromatic heterocycles. The van der Waals surface area contributed by atoms with Gasteiger partial charge in [0, 0.05) is 32.7 Å². The standard InChI is InChI=1S/C15H31N3O3/c1-3-20-13-9-12-18-15(16)17-11-8-6-5-7-10-14(19)21-4-2/h3-13H2,1-2H3,(H3,16,17,18). The zero-order valence-electron chi connectivity index (χ0n) is 13.5. The summed E-state index contributed by atoms with van der Waals surface area (Å²) < 4.78 is 10.1. The molecule has 0 fully saturated rings. The highest BCUT2D eigenvalue weighted by molar-refractivity contribution is 5.77. The Hall–Kier alpha value is -1.30. The van der Waals surface area contributed by atoms with Crippen molar-refractivity contribution in [2.75, 3.05) is 32.9 Å². The molecular weight excluding hydrogens is 270 g/mol. The van der Waals surface area contributed by atoms with E-state index in [0.29, 0.717) is 25.5 Å². The van der Waals surface area contributed by atoms with Gasteiger partial charge in [0.05, 0.1) is 6.61 Å². The van der Waals surface area contributed by atoms with Crippen molar-refractivity contribution in [3.63, 3.8) is 0 Å². The van der Waals surface area contributed by atoms with Crippen LogP contribution in [-0.4, -0.2) is 44.8 Å². The molecule has 6 heteroatoms. The van der Waals surface area contributed by atoms with Crippen LogP contribution in [0.15, 0.2) is 4.99 Å². The van der Waals surface area contributed by atoms with Gasteiger partial charge in [-0.3, -0.25) is 9.79 Å². The summed E-state index contributed by atoms with van der Waals surface area (Å²) in [6.45, 7) is 7.25. The number of hydrogen-bond acceptors (Lipinski definition) is 4. The number of hydrogen-bond donors (Lipinski definition) is 2. The van der Waals surface area contributed by atoms with Gasteiger partial charge in [-0.15, -0.1) is 0 Å². The highest BCUT2D eigenvalue weighted by Crippen LogP contribution is 2.03. The number of nitrogens with zero attached hydrogens (tertiary/aromatic N) is 1. The molecule has 0 atom stereocenters. The molecule has 124 valence electrons. The molecule has 3 N–H and O–H groups in total. The van der Waals surface area contributed by atoms with Crippen molar-refractivity contribution in [2.45, 2.75) is 52.4 Å². The van der Waals surface area contributed by atoms with Crippen LogP contribution >= 0.6 is 0 Å². The summed E-state index contributed by atoms with van der Waals surface area (Å²) in [5, 5.41) is 3.09. The Morgan fingerprint density at radius 3 is 2.57 bits per heavy atom. The minimum atomic E-state index is -0.0981. The van der Waals surface area contributed by atoms with Gasteiger partial charge in [0.1, 0.15) is 0 Å². The molecule has 0 aliphatic rings. The molecule has 0 aliphatic carbocycles. The zero-order valence-corrected chi connectivity index (χ0v) is 13.5. The Kier molecular flexibility index (Phi) is 14.2. The number of esters is 1. The van der Waals surface area contributed by atoms with Gasteiger partial charge < -0.3 is 20.5 Å². The monoisotopic (exact) mass is 301 g/mol. The average molecular weight is 301 g/mol. The first kappa shape index (κ1) is 19.7. The summed E-state index contributed by atoms with van der Waals surface area (Å²) in [4.78, 5) is 15.3. The van der Waals surface area contributed by atoms with Gasteiger partial charge >= 0.3 is 5.97 Å². The summed E-state index contributed by atoms with van der Waals surface area (Å²) in [5.74, 6) is 0.400. The van der Waals surface area contributed by atoms with Crippen molar-refractivity contribution in [3.8, 4) is 0 Å². The Balaban J connectivity index is 3.33. The van der Waals surface area contributed by atoms with Crippen LogP contribution in [-0.2, 0) is 14.3 Å². The summed E-state index contributed by atoms with van der Waals surface area (Å²) in [6.07, 6.45) is 5.43. The molecule has 0 heterocycles. The molecule has 0 saturated heterocycles. The van der Waals surface area contributed by atoms with Crippen LogP contribution in [0.2, 0.25) is 0 Å². The Labute approximate surface area is 128 Å². The number of nitrogens with two attached hydrogens (primary N) is 1. The van der Waals surface area contributed by atoms with Crippen molar-refractivity contribution in [1.82, 2.24) is 5.32 Å². The summed E-state index contributed by atoms with van der Waals surface area (Å²) >= 11 is 0. The van der Waals surface area contributed by atoms with E-state index in [9.17, 15) is 4.79 Å². The third kappa shape index (κ3) is 14.9. The Bertz CT molecular complexity index is 283. The van der Waals surface area contributed by atoms with E-state index in [-0.39, 0.29) is 5.97 Å². The smallest absolute Gasteiger partial charge is 0.305 e. The molecule has 0 amide bonds. The molecule has 0 radical (unpaired) electrons. The first-order valence-electron chi connectivity index (χ1n) is 7.97. The van der Waals surface area contributed by atoms with Crippen LogP contribution in [0, 0.1) is 0 Å². The topological polar surface area (TPSA) is 85.9 Å². The van der Waals surface area contributed by atoms with E-state index >= 15 is 0 Å². The van der Waals surface area contributed by atoms with Gasteiger partial charge in [-0.2, -0.15) is 0 Å². The quantitative estimate of drug-likeness (QED) is 0.235. The molecule has 0 saturated carbocycles. The van der Waals surface area contributed by atoms with Crippen molar-refractivity contribution < 1.29 is 14.3 Å². The second kappa shape index (κ2) is 15.1. The molecule has 21 heavy (non-hydrogen) atoms. The maximum absolute atomic E-state index is 11.1. The number of rotatable bonds is 13. The number of nitrogens with one attached hydrogen (secondary N) is 1. The largest absolute Gasteiger partial charge is 0.466 e. The molecular formula is C15H31N3O3. The normalized spacial score (nSPS) is 11.4. The second-order valence-electron chi connectivity index (χ2n) is 4.71. The second-order valence-corrected chi connectivity index (χ2v) is 4.71. The summed E-state index contributed by atoms with van der Waals surface area (Å²) in [5.41, 5.74) is 5.74. The fraction of sp³-hybridized carbons (Fsp3) is 0.867. The fourth-order valence-corrected chi connectivity index (χ4v) is 1.76. The predicted octanol–water partition coefficient (Wildman–Crippen LogP) is 1.83. The first-order valence-corrected chi connectivity index (χ1v) is 7.97. The third-order valence-corrected chi connectivity index (χ3v) is 2.85. The average Bonchev–Trinajstić information content (AvgIpc) is 2.46. The van der Waals surface area contributed by atoms with Crippen LogP contribution < -0.4 is 11.1 Å². The number of unbranched alkanes of at least 4 members (excludes halogenated alkanes) is 3. The highest BCUT2D eigenvalue weighted by atomic mass is 16.5. The van der Waals surface area contributed by atoms with Crippen LogP contribution in [0.4, 0.5) is 0 Å². The van der Waals surface area contributed by atoms with Gasteiger partial charge in [0.2, 0.25) is 0 Å². The Morgan fingerprint density at radius 2 is 1.86 bits per heavy atom. The lowest BCUT2D eigenvalue weighted by atomic mass is 10.1. The van der Waals surface area contributed by atoms with Crippen LogP contribution in [0.25, 0.3) is 0 Å². The highest BCUT2D eigenvalue weighted by Gasteiger charge is 2.00. The predicted molar refractivity (Wildman–Crippen MR) is 85.3 cm³/mol. The van der Waals surface area contributed by atoms with Crippen molar-refractivity contribution in [1.29, 1.82) is 0 Å². The molecule has 0 aliphatic heterocycles. The lowest BCUT2D eigenvalue weighted by Gasteiger charge is -2.06. The lowest BCUT2D eigenvalue weighted by Crippen LogP contribution is -2.32. The van der Waals surface area contributed by atoms with E-state index in [1.165, 1.54) is 0 Å². The molecule has 0 unspecified atom stereocenters. The van der Waals surface area contributed by atoms with E-state index in [1.807, 2.05) is 13.8 Å². The zero-order chi connectivity index (χ0) is 15.8. The van der Waals surface area contributed by atoms with Crippen molar-refractivity contribution in [3.05, 3.63) is 0 Å². The number of carbonyl (C=O) groups is 1. The van der Waals surface area contributed by atoms with E-state index < -0.39 is 0 Å². The van der Waals surface area contributed by atoms with Gasteiger partial charge in [-0.25, -0.2) is 0 Å². The molecule has 0 bridgehead atoms. The number of aliphatic imine (C=N–C) groups is 1. The van der Waals surface area contributed by atoms with E-state index in [4.69, 9.17) is 15.2 Å². The number of carbonyl (C=O) groups excluding carboxylic acids is 1. The van der Waals surface area contributed by atoms with Gasteiger partial charge in [0.15, 0.2) is 5.96 Å². The van der Waals surface area contributed by atoms with E-state index in [0.717, 1.165) is 51.9 Å². The SMILES string of the molecule is CCOCCCN=C(N)NCCCCCCC(=O)OCC. The van der Waals surface area contributed by atoms with Crippen LogP contribution in [0.5, 0.6) is 0 Å². The van der Waals surface area contributed by atoms with Gasteiger partial charge in [-0.1, -0.05) is 12.8 Å². The lowest BCUT2D eigenvalue weighted by molar-refractivity contribution is -0.143. The summed E-state index contributed by atoms with van der Waals surface area (Å²) in [7, 11) is 0. The molecule has 0 spiro atoms. The molecule has 0 aromatic rings. The Morgan fingerprint density at radius 1 is 1.10 bits per heavy atom. The van der Waals surface area contributed by atoms with Crippen LogP contribution in [0.3, 0.4) is 0 Å². The van der Waals surface area contributed by atoms with Gasteiger partial charge in [0.25, 0.3) is 0 Å². The minimum absolute atomic E-state index is 0.0981. The van der Waals surface area contributed by atoms with Crippen LogP contribution in [0.1, 0.15) is 52.4 Å². The fourth-order valence-electron chi connectivity index (χ4n) is 1.76. The molecule has 0 rings (SSSR count). The maximum Gasteiger partial charge on any atom is 0.305 e. The first-order chi connectivity index (χ1) is 10.2. The molecule has 0 aromatic carbocycles.